The summed E-state index contributed by atoms with van der Waals surface area (Å²) in [6, 6.07) is 2.12. The molecule has 0 amide bonds. The lowest BCUT2D eigenvalue weighted by atomic mass is 10.0. The standard InChI is InChI=1S/C9H13NO3/c1-5-2-6(12)3-7(9(5)13)8(10)4-11/h2-3,8,11-13H,4,10H2,1H3/t8-/m1/s1. The van der Waals surface area contributed by atoms with E-state index in [-0.39, 0.29) is 18.1 Å². The third-order valence-electron chi connectivity index (χ3n) is 1.91. The molecule has 0 unspecified atom stereocenters. The lowest BCUT2D eigenvalue weighted by Crippen LogP contribution is -2.14. The Hall–Kier alpha value is -1.26. The number of hydrogen-bond acceptors (Lipinski definition) is 4. The number of benzene rings is 1. The van der Waals surface area contributed by atoms with Gasteiger partial charge in [0.05, 0.1) is 12.6 Å². The average Bonchev–Trinajstić information content (AvgIpc) is 2.10. The molecular weight excluding hydrogens is 170 g/mol. The van der Waals surface area contributed by atoms with Crippen LogP contribution in [-0.4, -0.2) is 21.9 Å². The van der Waals surface area contributed by atoms with E-state index in [1.807, 2.05) is 0 Å². The molecule has 1 aromatic carbocycles. The first-order valence-corrected chi connectivity index (χ1v) is 3.95. The largest absolute Gasteiger partial charge is 0.508 e. The molecule has 13 heavy (non-hydrogen) atoms. The minimum absolute atomic E-state index is 0.0272. The van der Waals surface area contributed by atoms with Gasteiger partial charge in [0.2, 0.25) is 0 Å². The molecule has 0 aliphatic heterocycles. The molecule has 1 aromatic rings. The number of aromatic hydroxyl groups is 2. The normalized spacial score (nSPS) is 12.8. The molecule has 0 heterocycles. The number of rotatable bonds is 2. The summed E-state index contributed by atoms with van der Waals surface area (Å²) in [5.41, 5.74) is 6.41. The Morgan fingerprint density at radius 2 is 2.00 bits per heavy atom. The van der Waals surface area contributed by atoms with E-state index in [0.29, 0.717) is 11.1 Å². The lowest BCUT2D eigenvalue weighted by molar-refractivity contribution is 0.265. The van der Waals surface area contributed by atoms with E-state index >= 15 is 0 Å². The van der Waals surface area contributed by atoms with E-state index in [1.165, 1.54) is 12.1 Å². The monoisotopic (exact) mass is 183 g/mol. The first kappa shape index (κ1) is 9.83. The number of aryl methyl sites for hydroxylation is 1. The van der Waals surface area contributed by atoms with Gasteiger partial charge in [-0.3, -0.25) is 0 Å². The third-order valence-corrected chi connectivity index (χ3v) is 1.91. The summed E-state index contributed by atoms with van der Waals surface area (Å²) in [7, 11) is 0. The van der Waals surface area contributed by atoms with Crippen LogP contribution >= 0.6 is 0 Å². The molecule has 0 aliphatic rings. The predicted octanol–water partition coefficient (Wildman–Crippen LogP) is 0.398. The van der Waals surface area contributed by atoms with E-state index in [1.54, 1.807) is 6.92 Å². The van der Waals surface area contributed by atoms with Gasteiger partial charge in [-0.2, -0.15) is 0 Å². The zero-order chi connectivity index (χ0) is 10.0. The molecule has 0 radical (unpaired) electrons. The Balaban J connectivity index is 3.20. The lowest BCUT2D eigenvalue weighted by Gasteiger charge is -2.12. The van der Waals surface area contributed by atoms with Crippen molar-refractivity contribution in [1.29, 1.82) is 0 Å². The second-order valence-corrected chi connectivity index (χ2v) is 2.99. The molecule has 4 nitrogen and oxygen atoms in total. The van der Waals surface area contributed by atoms with Crippen LogP contribution < -0.4 is 5.73 Å². The number of aliphatic hydroxyl groups is 1. The van der Waals surface area contributed by atoms with Crippen LogP contribution in [0.25, 0.3) is 0 Å². The molecule has 0 spiro atoms. The van der Waals surface area contributed by atoms with Crippen molar-refractivity contribution >= 4 is 0 Å². The number of phenols is 2. The van der Waals surface area contributed by atoms with Gasteiger partial charge in [-0.05, 0) is 24.6 Å². The quantitative estimate of drug-likeness (QED) is 0.500. The summed E-state index contributed by atoms with van der Waals surface area (Å²) in [4.78, 5) is 0. The zero-order valence-corrected chi connectivity index (χ0v) is 7.36. The summed E-state index contributed by atoms with van der Waals surface area (Å²) in [6.45, 7) is 1.39. The van der Waals surface area contributed by atoms with Gasteiger partial charge < -0.3 is 21.1 Å². The highest BCUT2D eigenvalue weighted by Gasteiger charge is 2.12. The number of hydrogen-bond donors (Lipinski definition) is 4. The summed E-state index contributed by atoms with van der Waals surface area (Å²) >= 11 is 0. The fourth-order valence-electron chi connectivity index (χ4n) is 1.17. The fourth-order valence-corrected chi connectivity index (χ4v) is 1.17. The maximum Gasteiger partial charge on any atom is 0.123 e. The van der Waals surface area contributed by atoms with Crippen LogP contribution in [0.5, 0.6) is 11.5 Å². The smallest absolute Gasteiger partial charge is 0.123 e. The van der Waals surface area contributed by atoms with Gasteiger partial charge in [0.15, 0.2) is 0 Å². The van der Waals surface area contributed by atoms with Crippen LogP contribution in [0.15, 0.2) is 12.1 Å². The van der Waals surface area contributed by atoms with Gasteiger partial charge in [0.1, 0.15) is 11.5 Å². The molecule has 1 rings (SSSR count). The molecule has 5 N–H and O–H groups in total. The minimum Gasteiger partial charge on any atom is -0.508 e. The maximum absolute atomic E-state index is 9.52. The molecule has 0 aliphatic carbocycles. The van der Waals surface area contributed by atoms with Crippen molar-refractivity contribution < 1.29 is 15.3 Å². The van der Waals surface area contributed by atoms with Crippen molar-refractivity contribution in [3.8, 4) is 11.5 Å². The van der Waals surface area contributed by atoms with Crippen LogP contribution in [-0.2, 0) is 0 Å². The van der Waals surface area contributed by atoms with Crippen molar-refractivity contribution in [2.24, 2.45) is 5.73 Å². The fraction of sp³-hybridized carbons (Fsp3) is 0.333. The molecule has 0 bridgehead atoms. The number of nitrogens with two attached hydrogens (primary N) is 1. The zero-order valence-electron chi connectivity index (χ0n) is 7.36. The van der Waals surface area contributed by atoms with Gasteiger partial charge in [0, 0.05) is 5.56 Å². The van der Waals surface area contributed by atoms with Crippen molar-refractivity contribution in [3.05, 3.63) is 23.3 Å². The second kappa shape index (κ2) is 3.64. The first-order chi connectivity index (χ1) is 6.06. The van der Waals surface area contributed by atoms with E-state index in [0.717, 1.165) is 0 Å². The summed E-state index contributed by atoms with van der Waals surface area (Å²) in [5.74, 6) is 0.0635. The highest BCUT2D eigenvalue weighted by Crippen LogP contribution is 2.30. The second-order valence-electron chi connectivity index (χ2n) is 2.99. The molecule has 0 saturated carbocycles. The van der Waals surface area contributed by atoms with Gasteiger partial charge in [0.25, 0.3) is 0 Å². The van der Waals surface area contributed by atoms with Crippen LogP contribution in [0.1, 0.15) is 17.2 Å². The molecule has 0 fully saturated rings. The van der Waals surface area contributed by atoms with Gasteiger partial charge in [-0.25, -0.2) is 0 Å². The van der Waals surface area contributed by atoms with Crippen molar-refractivity contribution in [3.63, 3.8) is 0 Å². The van der Waals surface area contributed by atoms with Crippen molar-refractivity contribution in [2.75, 3.05) is 6.61 Å². The molecule has 1 atom stereocenters. The minimum atomic E-state index is -0.661. The Kier molecular flexibility index (Phi) is 2.75. The maximum atomic E-state index is 9.52. The highest BCUT2D eigenvalue weighted by molar-refractivity contribution is 5.46. The molecule has 72 valence electrons. The van der Waals surface area contributed by atoms with E-state index < -0.39 is 6.04 Å². The molecule has 0 aromatic heterocycles. The summed E-state index contributed by atoms with van der Waals surface area (Å²) in [5, 5.41) is 27.5. The Labute approximate surface area is 76.2 Å². The molecule has 4 heteroatoms. The van der Waals surface area contributed by atoms with Crippen molar-refractivity contribution in [2.45, 2.75) is 13.0 Å². The Morgan fingerprint density at radius 1 is 1.38 bits per heavy atom. The van der Waals surface area contributed by atoms with Gasteiger partial charge >= 0.3 is 0 Å². The third kappa shape index (κ3) is 1.91. The van der Waals surface area contributed by atoms with Crippen molar-refractivity contribution in [1.82, 2.24) is 0 Å². The highest BCUT2D eigenvalue weighted by atomic mass is 16.3. The molecular formula is C9H13NO3. The van der Waals surface area contributed by atoms with E-state index in [9.17, 15) is 10.2 Å². The Morgan fingerprint density at radius 3 is 2.54 bits per heavy atom. The average molecular weight is 183 g/mol. The van der Waals surface area contributed by atoms with Gasteiger partial charge in [-0.15, -0.1) is 0 Å². The van der Waals surface area contributed by atoms with E-state index in [4.69, 9.17) is 10.8 Å². The molecule has 0 saturated heterocycles. The van der Waals surface area contributed by atoms with Crippen LogP contribution in [0.3, 0.4) is 0 Å². The van der Waals surface area contributed by atoms with E-state index in [2.05, 4.69) is 0 Å². The number of phenolic OH excluding ortho intramolecular Hbond substituents is 2. The van der Waals surface area contributed by atoms with Gasteiger partial charge in [-0.1, -0.05) is 0 Å². The predicted molar refractivity (Wildman–Crippen MR) is 48.5 cm³/mol. The first-order valence-electron chi connectivity index (χ1n) is 3.95. The van der Waals surface area contributed by atoms with Crippen LogP contribution in [0, 0.1) is 6.92 Å². The van der Waals surface area contributed by atoms with Crippen LogP contribution in [0.4, 0.5) is 0 Å². The SMILES string of the molecule is Cc1cc(O)cc([C@H](N)CO)c1O. The topological polar surface area (TPSA) is 86.7 Å². The van der Waals surface area contributed by atoms with Crippen LogP contribution in [0.2, 0.25) is 0 Å². The number of aliphatic hydroxyl groups excluding tert-OH is 1. The summed E-state index contributed by atoms with van der Waals surface area (Å²) in [6.07, 6.45) is 0. The Bertz CT molecular complexity index is 312. The summed E-state index contributed by atoms with van der Waals surface area (Å²) < 4.78 is 0.